The molecule has 1 aromatic carbocycles. The first-order valence-electron chi connectivity index (χ1n) is 11.5. The molecule has 2 saturated heterocycles. The van der Waals surface area contributed by atoms with Crippen LogP contribution in [0.25, 0.3) is 10.2 Å². The molecule has 1 atom stereocenters. The molecule has 2 fully saturated rings. The number of carbonyl (C=O) groups is 1. The maximum Gasteiger partial charge on any atom is 0.261 e. The molecule has 0 saturated carbocycles. The number of rotatable bonds is 6. The molecule has 180 valence electrons. The highest BCUT2D eigenvalue weighted by Gasteiger charge is 2.24. The van der Waals surface area contributed by atoms with Crippen LogP contribution in [0.1, 0.15) is 34.5 Å². The van der Waals surface area contributed by atoms with Gasteiger partial charge in [0.05, 0.1) is 29.2 Å². The molecule has 2 aliphatic rings. The van der Waals surface area contributed by atoms with Gasteiger partial charge in [0.2, 0.25) is 0 Å². The average molecular weight is 486 g/mol. The Morgan fingerprint density at radius 3 is 2.85 bits per heavy atom. The second-order valence-electron chi connectivity index (χ2n) is 8.88. The summed E-state index contributed by atoms with van der Waals surface area (Å²) in [5.74, 6) is 0.492. The van der Waals surface area contributed by atoms with Gasteiger partial charge in [-0.3, -0.25) is 4.79 Å². The van der Waals surface area contributed by atoms with Gasteiger partial charge in [-0.25, -0.2) is 14.4 Å². The molecule has 3 aromatic rings. The number of piperidine rings is 1. The predicted octanol–water partition coefficient (Wildman–Crippen LogP) is 3.87. The monoisotopic (exact) mass is 485 g/mol. The summed E-state index contributed by atoms with van der Waals surface area (Å²) in [5.41, 5.74) is 1.42. The number of ether oxygens (including phenoxy) is 2. The number of anilines is 2. The molecule has 0 bridgehead atoms. The third-order valence-electron chi connectivity index (χ3n) is 6.37. The largest absolute Gasteiger partial charge is 0.486 e. The van der Waals surface area contributed by atoms with E-state index in [1.807, 2.05) is 6.92 Å². The van der Waals surface area contributed by atoms with Gasteiger partial charge in [-0.15, -0.1) is 11.3 Å². The molecular weight excluding hydrogens is 457 g/mol. The van der Waals surface area contributed by atoms with E-state index in [0.717, 1.165) is 48.1 Å². The van der Waals surface area contributed by atoms with Crippen LogP contribution in [0.2, 0.25) is 0 Å². The van der Waals surface area contributed by atoms with E-state index in [4.69, 9.17) is 9.47 Å². The number of likely N-dealkylation sites (tertiary alicyclic amines) is 1. The fourth-order valence-corrected chi connectivity index (χ4v) is 5.45. The van der Waals surface area contributed by atoms with Crippen molar-refractivity contribution in [2.75, 3.05) is 38.7 Å². The molecule has 10 heteroatoms. The Kier molecular flexibility index (Phi) is 6.62. The Hall–Kier alpha value is -2.82. The number of aromatic nitrogens is 2. The first kappa shape index (κ1) is 22.9. The van der Waals surface area contributed by atoms with Gasteiger partial charge < -0.3 is 25.0 Å². The highest BCUT2D eigenvalue weighted by molar-refractivity contribution is 7.20. The lowest BCUT2D eigenvalue weighted by molar-refractivity contribution is 0.0920. The Bertz CT molecular complexity index is 1190. The Labute approximate surface area is 201 Å². The number of hydrogen-bond donors (Lipinski definition) is 2. The maximum atomic E-state index is 14.0. The van der Waals surface area contributed by atoms with E-state index in [-0.39, 0.29) is 23.9 Å². The van der Waals surface area contributed by atoms with Crippen LogP contribution >= 0.6 is 11.3 Å². The molecule has 0 unspecified atom stereocenters. The zero-order valence-electron chi connectivity index (χ0n) is 19.3. The zero-order valence-corrected chi connectivity index (χ0v) is 20.1. The van der Waals surface area contributed by atoms with Gasteiger partial charge in [0, 0.05) is 18.5 Å². The molecule has 2 N–H and O–H groups in total. The molecule has 2 aromatic heterocycles. The number of nitrogens with zero attached hydrogens (tertiary/aromatic N) is 3. The van der Waals surface area contributed by atoms with Gasteiger partial charge in [-0.05, 0) is 57.6 Å². The van der Waals surface area contributed by atoms with Gasteiger partial charge >= 0.3 is 0 Å². The third kappa shape index (κ3) is 4.84. The molecule has 4 heterocycles. The number of aryl methyl sites for hydroxylation is 1. The second kappa shape index (κ2) is 9.81. The Morgan fingerprint density at radius 2 is 2.09 bits per heavy atom. The summed E-state index contributed by atoms with van der Waals surface area (Å²) < 4.78 is 25.4. The molecule has 34 heavy (non-hydrogen) atoms. The lowest BCUT2D eigenvalue weighted by Gasteiger charge is -2.29. The van der Waals surface area contributed by atoms with E-state index in [1.54, 1.807) is 6.07 Å². The number of nitrogens with one attached hydrogen (secondary N) is 2. The van der Waals surface area contributed by atoms with E-state index in [9.17, 15) is 9.18 Å². The number of benzene rings is 1. The lowest BCUT2D eigenvalue weighted by atomic mass is 10.1. The minimum Gasteiger partial charge on any atom is -0.486 e. The summed E-state index contributed by atoms with van der Waals surface area (Å²) in [6.07, 6.45) is 3.99. The number of hydrogen-bond acceptors (Lipinski definition) is 8. The molecule has 1 amide bonds. The van der Waals surface area contributed by atoms with Crippen LogP contribution in [0, 0.1) is 12.7 Å². The zero-order chi connectivity index (χ0) is 23.7. The van der Waals surface area contributed by atoms with Crippen LogP contribution in [-0.2, 0) is 4.74 Å². The fourth-order valence-electron chi connectivity index (χ4n) is 4.40. The minimum absolute atomic E-state index is 0.0759. The number of halogens is 1. The SMILES string of the molecule is Cc1c(C(=O)NC2CCN(C)CC2)sc2ncnc(Nc3ccc(F)cc3O[C@@H]3CCOC3)c12. The van der Waals surface area contributed by atoms with E-state index in [0.29, 0.717) is 35.3 Å². The normalized spacial score (nSPS) is 19.4. The summed E-state index contributed by atoms with van der Waals surface area (Å²) in [4.78, 5) is 25.5. The van der Waals surface area contributed by atoms with Crippen molar-refractivity contribution < 1.29 is 18.7 Å². The summed E-state index contributed by atoms with van der Waals surface area (Å²) >= 11 is 1.36. The number of fused-ring (bicyclic) bond motifs is 1. The van der Waals surface area contributed by atoms with Crippen molar-refractivity contribution >= 4 is 39.0 Å². The average Bonchev–Trinajstić information content (AvgIpc) is 3.45. The number of carbonyl (C=O) groups excluding carboxylic acids is 1. The first-order valence-corrected chi connectivity index (χ1v) is 12.3. The molecule has 8 nitrogen and oxygen atoms in total. The molecule has 5 rings (SSSR count). The maximum absolute atomic E-state index is 14.0. The van der Waals surface area contributed by atoms with Crippen LogP contribution < -0.4 is 15.4 Å². The predicted molar refractivity (Wildman–Crippen MR) is 130 cm³/mol. The van der Waals surface area contributed by atoms with Gasteiger partial charge in [0.1, 0.15) is 34.6 Å². The van der Waals surface area contributed by atoms with Gasteiger partial charge in [0.25, 0.3) is 5.91 Å². The van der Waals surface area contributed by atoms with E-state index >= 15 is 0 Å². The minimum atomic E-state index is -0.383. The molecular formula is C24H28FN5O3S. The summed E-state index contributed by atoms with van der Waals surface area (Å²) in [6.45, 7) is 4.98. The molecule has 2 aliphatic heterocycles. The second-order valence-corrected chi connectivity index (χ2v) is 9.88. The third-order valence-corrected chi connectivity index (χ3v) is 7.56. The Morgan fingerprint density at radius 1 is 1.26 bits per heavy atom. The molecule has 0 radical (unpaired) electrons. The fraction of sp³-hybridized carbons (Fsp3) is 0.458. The smallest absolute Gasteiger partial charge is 0.261 e. The van der Waals surface area contributed by atoms with Crippen LogP contribution in [0.4, 0.5) is 15.9 Å². The highest BCUT2D eigenvalue weighted by atomic mass is 32.1. The molecule has 0 spiro atoms. The van der Waals surface area contributed by atoms with Crippen molar-refractivity contribution in [1.82, 2.24) is 20.2 Å². The van der Waals surface area contributed by atoms with Crippen molar-refractivity contribution in [2.24, 2.45) is 0 Å². The van der Waals surface area contributed by atoms with Crippen molar-refractivity contribution in [3.63, 3.8) is 0 Å². The first-order chi connectivity index (χ1) is 16.5. The van der Waals surface area contributed by atoms with Gasteiger partial charge in [-0.1, -0.05) is 0 Å². The highest BCUT2D eigenvalue weighted by Crippen LogP contribution is 2.37. The van der Waals surface area contributed by atoms with Crippen molar-refractivity contribution in [1.29, 1.82) is 0 Å². The lowest BCUT2D eigenvalue weighted by Crippen LogP contribution is -2.43. The topological polar surface area (TPSA) is 88.6 Å². The number of amides is 1. The van der Waals surface area contributed by atoms with Crippen molar-refractivity contribution in [3.05, 3.63) is 40.8 Å². The quantitative estimate of drug-likeness (QED) is 0.548. The van der Waals surface area contributed by atoms with E-state index < -0.39 is 0 Å². The van der Waals surface area contributed by atoms with Gasteiger partial charge in [-0.2, -0.15) is 0 Å². The van der Waals surface area contributed by atoms with Crippen molar-refractivity contribution in [3.8, 4) is 5.75 Å². The van der Waals surface area contributed by atoms with Crippen LogP contribution in [0.15, 0.2) is 24.5 Å². The Balaban J connectivity index is 1.41. The van der Waals surface area contributed by atoms with Crippen LogP contribution in [0.3, 0.4) is 0 Å². The standard InChI is InChI=1S/C24H28FN5O3S/c1-14-20-22(29-18-4-3-15(25)11-19(18)33-17-7-10-32-12-17)26-13-27-24(20)34-21(14)23(31)28-16-5-8-30(2)9-6-16/h3-4,11,13,16-17H,5-10,12H2,1-2H3,(H,28,31)(H,26,27,29)/t17-/m1/s1. The summed E-state index contributed by atoms with van der Waals surface area (Å²) in [6, 6.07) is 4.54. The van der Waals surface area contributed by atoms with Crippen molar-refractivity contribution in [2.45, 2.75) is 38.3 Å². The van der Waals surface area contributed by atoms with E-state index in [1.165, 1.54) is 29.8 Å². The summed E-state index contributed by atoms with van der Waals surface area (Å²) in [5, 5.41) is 7.25. The number of thiophene rings is 1. The van der Waals surface area contributed by atoms with Crippen LogP contribution in [-0.4, -0.2) is 66.3 Å². The van der Waals surface area contributed by atoms with Crippen LogP contribution in [0.5, 0.6) is 5.75 Å². The van der Waals surface area contributed by atoms with E-state index in [2.05, 4.69) is 32.5 Å². The van der Waals surface area contributed by atoms with Gasteiger partial charge in [0.15, 0.2) is 0 Å². The molecule has 0 aliphatic carbocycles. The summed E-state index contributed by atoms with van der Waals surface area (Å²) in [7, 11) is 2.10.